The normalized spacial score (nSPS) is 10.9. The van der Waals surface area contributed by atoms with Crippen molar-refractivity contribution < 1.29 is 4.79 Å². The summed E-state index contributed by atoms with van der Waals surface area (Å²) in [4.78, 5) is 12.5. The Morgan fingerprint density at radius 3 is 2.57 bits per heavy atom. The molecule has 0 fully saturated rings. The number of thioether (sulfide) groups is 1. The summed E-state index contributed by atoms with van der Waals surface area (Å²) < 4.78 is 3.06. The molecule has 0 saturated carbocycles. The fourth-order valence-electron chi connectivity index (χ4n) is 3.00. The minimum absolute atomic E-state index is 0.0372. The molecule has 0 bridgehead atoms. The minimum atomic E-state index is -0.0372. The molecule has 3 aromatic rings. The summed E-state index contributed by atoms with van der Waals surface area (Å²) in [5.74, 6) is 1.06. The van der Waals surface area contributed by atoms with E-state index in [2.05, 4.69) is 45.3 Å². The molecule has 0 saturated heterocycles. The molecule has 0 aliphatic heterocycles. The largest absolute Gasteiger partial charge is 0.325 e. The third-order valence-electron chi connectivity index (χ3n) is 4.47. The number of hydrogen-bond acceptors (Lipinski definition) is 4. The zero-order chi connectivity index (χ0) is 20.1. The van der Waals surface area contributed by atoms with Crippen LogP contribution >= 0.6 is 27.7 Å². The molecule has 0 spiro atoms. The SMILES string of the molecule is CCc1cccc(C)c1NC(=O)CSc1nnc(-c2ccc(Br)cc2)n1CC. The summed E-state index contributed by atoms with van der Waals surface area (Å²) in [5, 5.41) is 12.4. The van der Waals surface area contributed by atoms with E-state index in [-0.39, 0.29) is 11.7 Å². The van der Waals surface area contributed by atoms with Crippen LogP contribution in [0.3, 0.4) is 0 Å². The van der Waals surface area contributed by atoms with Gasteiger partial charge < -0.3 is 9.88 Å². The van der Waals surface area contributed by atoms with E-state index in [4.69, 9.17) is 0 Å². The Bertz CT molecular complexity index is 969. The molecule has 1 aromatic heterocycles. The molecule has 146 valence electrons. The van der Waals surface area contributed by atoms with Crippen LogP contribution in [-0.2, 0) is 17.8 Å². The van der Waals surface area contributed by atoms with Gasteiger partial charge >= 0.3 is 0 Å². The molecule has 1 amide bonds. The molecule has 28 heavy (non-hydrogen) atoms. The van der Waals surface area contributed by atoms with E-state index in [9.17, 15) is 4.79 Å². The van der Waals surface area contributed by atoms with Crippen molar-refractivity contribution in [2.75, 3.05) is 11.1 Å². The summed E-state index contributed by atoms with van der Waals surface area (Å²) in [5.41, 5.74) is 4.14. The number of para-hydroxylation sites is 1. The zero-order valence-electron chi connectivity index (χ0n) is 16.2. The van der Waals surface area contributed by atoms with Crippen LogP contribution < -0.4 is 5.32 Å². The highest BCUT2D eigenvalue weighted by Crippen LogP contribution is 2.26. The summed E-state index contributed by atoms with van der Waals surface area (Å²) in [6.07, 6.45) is 0.880. The van der Waals surface area contributed by atoms with Gasteiger partial charge in [-0.2, -0.15) is 0 Å². The Morgan fingerprint density at radius 2 is 1.89 bits per heavy atom. The average Bonchev–Trinajstić information content (AvgIpc) is 3.11. The van der Waals surface area contributed by atoms with E-state index in [1.165, 1.54) is 11.8 Å². The van der Waals surface area contributed by atoms with Crippen LogP contribution in [0.15, 0.2) is 52.1 Å². The summed E-state index contributed by atoms with van der Waals surface area (Å²) in [6, 6.07) is 14.1. The number of anilines is 1. The number of nitrogens with zero attached hydrogens (tertiary/aromatic N) is 3. The van der Waals surface area contributed by atoms with Gasteiger partial charge in [-0.3, -0.25) is 4.79 Å². The molecule has 5 nitrogen and oxygen atoms in total. The van der Waals surface area contributed by atoms with E-state index in [1.54, 1.807) is 0 Å². The van der Waals surface area contributed by atoms with Gasteiger partial charge in [-0.25, -0.2) is 0 Å². The van der Waals surface area contributed by atoms with E-state index in [1.807, 2.05) is 54.0 Å². The van der Waals surface area contributed by atoms with Gasteiger partial charge in [-0.15, -0.1) is 10.2 Å². The Kier molecular flexibility index (Phi) is 6.91. The number of amides is 1. The van der Waals surface area contributed by atoms with Crippen LogP contribution in [0.25, 0.3) is 11.4 Å². The van der Waals surface area contributed by atoms with Crippen molar-refractivity contribution in [2.45, 2.75) is 38.9 Å². The van der Waals surface area contributed by atoms with E-state index < -0.39 is 0 Å². The third-order valence-corrected chi connectivity index (χ3v) is 5.97. The van der Waals surface area contributed by atoms with Crippen molar-refractivity contribution in [3.05, 3.63) is 58.1 Å². The number of benzene rings is 2. The molecule has 3 rings (SSSR count). The van der Waals surface area contributed by atoms with Crippen LogP contribution in [-0.4, -0.2) is 26.4 Å². The molecule has 2 aromatic carbocycles. The highest BCUT2D eigenvalue weighted by Gasteiger charge is 2.15. The number of nitrogens with one attached hydrogen (secondary N) is 1. The van der Waals surface area contributed by atoms with Crippen LogP contribution in [0.1, 0.15) is 25.0 Å². The second kappa shape index (κ2) is 9.39. The molecule has 7 heteroatoms. The second-order valence-electron chi connectivity index (χ2n) is 6.36. The van der Waals surface area contributed by atoms with E-state index in [0.717, 1.165) is 50.8 Å². The van der Waals surface area contributed by atoms with Crippen LogP contribution in [0, 0.1) is 6.92 Å². The zero-order valence-corrected chi connectivity index (χ0v) is 18.6. The van der Waals surface area contributed by atoms with Crippen molar-refractivity contribution in [1.82, 2.24) is 14.8 Å². The summed E-state index contributed by atoms with van der Waals surface area (Å²) >= 11 is 4.86. The first-order valence-electron chi connectivity index (χ1n) is 9.23. The highest BCUT2D eigenvalue weighted by atomic mass is 79.9. The maximum atomic E-state index is 12.5. The molecule has 0 unspecified atom stereocenters. The number of carbonyl (C=O) groups excluding carboxylic acids is 1. The van der Waals surface area contributed by atoms with Crippen molar-refractivity contribution in [3.63, 3.8) is 0 Å². The number of aromatic nitrogens is 3. The van der Waals surface area contributed by atoms with Gasteiger partial charge in [-0.05, 0) is 43.5 Å². The Balaban J connectivity index is 1.71. The maximum Gasteiger partial charge on any atom is 0.234 e. The Morgan fingerprint density at radius 1 is 1.14 bits per heavy atom. The molecule has 1 N–H and O–H groups in total. The van der Waals surface area contributed by atoms with Gasteiger partial charge in [0.25, 0.3) is 0 Å². The Hall–Kier alpha value is -2.12. The quantitative estimate of drug-likeness (QED) is 0.486. The van der Waals surface area contributed by atoms with Crippen molar-refractivity contribution in [3.8, 4) is 11.4 Å². The van der Waals surface area contributed by atoms with E-state index >= 15 is 0 Å². The van der Waals surface area contributed by atoms with Crippen LogP contribution in [0.2, 0.25) is 0 Å². The minimum Gasteiger partial charge on any atom is -0.325 e. The van der Waals surface area contributed by atoms with Gasteiger partial charge in [0.1, 0.15) is 0 Å². The molecule has 0 radical (unpaired) electrons. The van der Waals surface area contributed by atoms with Gasteiger partial charge in [0.05, 0.1) is 5.75 Å². The second-order valence-corrected chi connectivity index (χ2v) is 8.21. The van der Waals surface area contributed by atoms with Gasteiger partial charge in [0.15, 0.2) is 11.0 Å². The third kappa shape index (κ3) is 4.64. The number of carbonyl (C=O) groups is 1. The fraction of sp³-hybridized carbons (Fsp3) is 0.286. The lowest BCUT2D eigenvalue weighted by Crippen LogP contribution is -2.16. The number of hydrogen-bond donors (Lipinski definition) is 1. The summed E-state index contributed by atoms with van der Waals surface area (Å²) in [7, 11) is 0. The lowest BCUT2D eigenvalue weighted by molar-refractivity contribution is -0.113. The maximum absolute atomic E-state index is 12.5. The van der Waals surface area contributed by atoms with Crippen molar-refractivity contribution in [2.24, 2.45) is 0 Å². The molecular weight excluding hydrogens is 436 g/mol. The first-order chi connectivity index (χ1) is 13.5. The van der Waals surface area contributed by atoms with Crippen molar-refractivity contribution in [1.29, 1.82) is 0 Å². The average molecular weight is 459 g/mol. The Labute approximate surface area is 178 Å². The number of halogens is 1. The van der Waals surface area contributed by atoms with Crippen LogP contribution in [0.4, 0.5) is 5.69 Å². The fourth-order valence-corrected chi connectivity index (χ4v) is 4.07. The first-order valence-corrected chi connectivity index (χ1v) is 11.0. The monoisotopic (exact) mass is 458 g/mol. The summed E-state index contributed by atoms with van der Waals surface area (Å²) in [6.45, 7) is 6.89. The molecular formula is C21H23BrN4OS. The highest BCUT2D eigenvalue weighted by molar-refractivity contribution is 9.10. The molecule has 0 aliphatic rings. The lowest BCUT2D eigenvalue weighted by atomic mass is 10.1. The standard InChI is InChI=1S/C21H23BrN4OS/c1-4-15-8-6-7-14(3)19(15)23-18(27)13-28-21-25-24-20(26(21)5-2)16-9-11-17(22)12-10-16/h6-12H,4-5,13H2,1-3H3,(H,23,27). The first kappa shape index (κ1) is 20.6. The molecule has 1 heterocycles. The van der Waals surface area contributed by atoms with Gasteiger partial charge in [0, 0.05) is 22.3 Å². The van der Waals surface area contributed by atoms with Crippen LogP contribution in [0.5, 0.6) is 0 Å². The van der Waals surface area contributed by atoms with E-state index in [0.29, 0.717) is 0 Å². The van der Waals surface area contributed by atoms with Crippen molar-refractivity contribution >= 4 is 39.3 Å². The molecule has 0 atom stereocenters. The number of aryl methyl sites for hydroxylation is 2. The topological polar surface area (TPSA) is 59.8 Å². The smallest absolute Gasteiger partial charge is 0.234 e. The number of rotatable bonds is 7. The predicted molar refractivity (Wildman–Crippen MR) is 119 cm³/mol. The predicted octanol–water partition coefficient (Wildman–Crippen LogP) is 5.33. The lowest BCUT2D eigenvalue weighted by Gasteiger charge is -2.13. The van der Waals surface area contributed by atoms with Gasteiger partial charge in [-0.1, -0.05) is 64.9 Å². The van der Waals surface area contributed by atoms with Gasteiger partial charge in [0.2, 0.25) is 5.91 Å². The molecule has 0 aliphatic carbocycles.